The average Bonchev–Trinajstić information content (AvgIpc) is 2.76. The first-order chi connectivity index (χ1) is 9.38. The normalized spacial score (nSPS) is 10.6. The number of amides is 2. The largest absolute Gasteiger partial charge is 0.375 e. The van der Waals surface area contributed by atoms with E-state index in [-0.39, 0.29) is 18.4 Å². The first kappa shape index (κ1) is 14.3. The van der Waals surface area contributed by atoms with Gasteiger partial charge in [0.25, 0.3) is 5.91 Å². The molecule has 0 atom stereocenters. The number of hydrogen-bond donors (Lipinski definition) is 1. The molecule has 2 N–H and O–H groups in total. The van der Waals surface area contributed by atoms with E-state index < -0.39 is 0 Å². The molecule has 0 unspecified atom stereocenters. The summed E-state index contributed by atoms with van der Waals surface area (Å²) in [5.41, 5.74) is 6.94. The molecule has 2 amide bonds. The Bertz CT molecular complexity index is 665. The number of hydrogen-bond acceptors (Lipinski definition) is 5. The zero-order chi connectivity index (χ0) is 14.9. The van der Waals surface area contributed by atoms with Crippen LogP contribution in [0, 0.1) is 0 Å². The molecular weight excluding hydrogens is 276 g/mol. The number of nitrogens with two attached hydrogens (primary N) is 1. The summed E-state index contributed by atoms with van der Waals surface area (Å²) in [7, 11) is 4.93. The average molecular weight is 292 g/mol. The van der Waals surface area contributed by atoms with Crippen LogP contribution in [0.2, 0.25) is 0 Å². The Hall–Kier alpha value is -2.15. The van der Waals surface area contributed by atoms with Crippen molar-refractivity contribution in [2.24, 2.45) is 0 Å². The Labute approximate surface area is 120 Å². The minimum Gasteiger partial charge on any atom is -0.375 e. The zero-order valence-corrected chi connectivity index (χ0v) is 12.4. The molecule has 0 radical (unpaired) electrons. The number of nitrogen functional groups attached to an aromatic ring is 1. The Morgan fingerprint density at radius 2 is 2.00 bits per heavy atom. The lowest BCUT2D eigenvalue weighted by atomic mass is 10.2. The molecule has 0 bridgehead atoms. The van der Waals surface area contributed by atoms with E-state index in [4.69, 9.17) is 5.73 Å². The van der Waals surface area contributed by atoms with E-state index in [1.807, 2.05) is 0 Å². The van der Waals surface area contributed by atoms with E-state index in [0.717, 1.165) is 10.2 Å². The number of anilines is 1. The smallest absolute Gasteiger partial charge is 0.254 e. The summed E-state index contributed by atoms with van der Waals surface area (Å²) in [6, 6.07) is 5.21. The van der Waals surface area contributed by atoms with Crippen LogP contribution in [0.15, 0.2) is 18.2 Å². The van der Waals surface area contributed by atoms with Crippen molar-refractivity contribution in [3.63, 3.8) is 0 Å². The zero-order valence-electron chi connectivity index (χ0n) is 11.6. The number of nitrogens with zero attached hydrogens (tertiary/aromatic N) is 3. The molecule has 0 saturated carbocycles. The van der Waals surface area contributed by atoms with Gasteiger partial charge < -0.3 is 15.5 Å². The van der Waals surface area contributed by atoms with Crippen LogP contribution < -0.4 is 5.73 Å². The second-order valence-electron chi connectivity index (χ2n) is 4.68. The summed E-state index contributed by atoms with van der Waals surface area (Å²) < 4.78 is 0.862. The first-order valence-corrected chi connectivity index (χ1v) is 6.82. The molecular formula is C13H16N4O2S. The van der Waals surface area contributed by atoms with Gasteiger partial charge in [0.15, 0.2) is 5.13 Å². The van der Waals surface area contributed by atoms with Crippen molar-refractivity contribution in [2.75, 3.05) is 33.4 Å². The van der Waals surface area contributed by atoms with Crippen molar-refractivity contribution < 1.29 is 9.59 Å². The third-order valence-corrected chi connectivity index (χ3v) is 3.72. The summed E-state index contributed by atoms with van der Waals surface area (Å²) in [5, 5.41) is 0.473. The molecule has 0 aliphatic carbocycles. The molecule has 1 heterocycles. The number of carbonyl (C=O) groups excluding carboxylic acids is 2. The molecule has 0 aliphatic rings. The van der Waals surface area contributed by atoms with E-state index in [2.05, 4.69) is 4.98 Å². The van der Waals surface area contributed by atoms with Crippen LogP contribution in [-0.2, 0) is 4.79 Å². The quantitative estimate of drug-likeness (QED) is 0.916. The Morgan fingerprint density at radius 1 is 1.30 bits per heavy atom. The summed E-state index contributed by atoms with van der Waals surface area (Å²) in [6.07, 6.45) is 0. The summed E-state index contributed by atoms with van der Waals surface area (Å²) in [6.45, 7) is 0.0503. The number of thiazole rings is 1. The molecule has 106 valence electrons. The van der Waals surface area contributed by atoms with Crippen molar-refractivity contribution in [3.05, 3.63) is 23.8 Å². The fourth-order valence-corrected chi connectivity index (χ4v) is 2.49. The summed E-state index contributed by atoms with van der Waals surface area (Å²) in [5.74, 6) is -0.321. The maximum Gasteiger partial charge on any atom is 0.254 e. The first-order valence-electron chi connectivity index (χ1n) is 6.00. The molecule has 2 aromatic rings. The maximum absolute atomic E-state index is 12.3. The fourth-order valence-electron chi connectivity index (χ4n) is 1.71. The lowest BCUT2D eigenvalue weighted by Gasteiger charge is -2.19. The highest BCUT2D eigenvalue weighted by atomic mass is 32.1. The van der Waals surface area contributed by atoms with E-state index >= 15 is 0 Å². The number of carbonyl (C=O) groups is 2. The number of aromatic nitrogens is 1. The van der Waals surface area contributed by atoms with Gasteiger partial charge in [-0.3, -0.25) is 9.59 Å². The highest BCUT2D eigenvalue weighted by Crippen LogP contribution is 2.24. The van der Waals surface area contributed by atoms with Gasteiger partial charge in [0, 0.05) is 26.7 Å². The van der Waals surface area contributed by atoms with Crippen molar-refractivity contribution in [1.29, 1.82) is 0 Å². The van der Waals surface area contributed by atoms with Crippen molar-refractivity contribution in [1.82, 2.24) is 14.8 Å². The van der Waals surface area contributed by atoms with Crippen LogP contribution in [0.1, 0.15) is 10.4 Å². The molecule has 6 nitrogen and oxygen atoms in total. The van der Waals surface area contributed by atoms with Crippen LogP contribution in [0.5, 0.6) is 0 Å². The number of likely N-dealkylation sites (N-methyl/N-ethyl adjacent to an activating group) is 2. The number of benzene rings is 1. The van der Waals surface area contributed by atoms with Gasteiger partial charge >= 0.3 is 0 Å². The highest BCUT2D eigenvalue weighted by Gasteiger charge is 2.16. The third-order valence-electron chi connectivity index (χ3n) is 2.87. The van der Waals surface area contributed by atoms with Gasteiger partial charge in [0.05, 0.1) is 16.8 Å². The van der Waals surface area contributed by atoms with Crippen LogP contribution in [0.4, 0.5) is 5.13 Å². The van der Waals surface area contributed by atoms with Crippen LogP contribution in [0.25, 0.3) is 10.2 Å². The fraction of sp³-hybridized carbons (Fsp3) is 0.308. The topological polar surface area (TPSA) is 79.5 Å². The Kier molecular flexibility index (Phi) is 3.89. The highest BCUT2D eigenvalue weighted by molar-refractivity contribution is 7.22. The van der Waals surface area contributed by atoms with Gasteiger partial charge in [-0.05, 0) is 18.2 Å². The van der Waals surface area contributed by atoms with Crippen molar-refractivity contribution >= 4 is 38.5 Å². The second kappa shape index (κ2) is 5.46. The SMILES string of the molecule is CN(C)C(=O)CN(C)C(=O)c1ccc2nc(N)sc2c1. The van der Waals surface area contributed by atoms with Gasteiger partial charge in [-0.2, -0.15) is 0 Å². The number of rotatable bonds is 3. The predicted molar refractivity (Wildman–Crippen MR) is 79.7 cm³/mol. The summed E-state index contributed by atoms with van der Waals surface area (Å²) in [4.78, 5) is 30.9. The van der Waals surface area contributed by atoms with E-state index in [1.54, 1.807) is 39.3 Å². The van der Waals surface area contributed by atoms with Gasteiger partial charge in [-0.15, -0.1) is 0 Å². The molecule has 20 heavy (non-hydrogen) atoms. The van der Waals surface area contributed by atoms with Crippen molar-refractivity contribution in [3.8, 4) is 0 Å². The Morgan fingerprint density at radius 3 is 2.65 bits per heavy atom. The predicted octanol–water partition coefficient (Wildman–Crippen LogP) is 1.04. The van der Waals surface area contributed by atoms with Crippen molar-refractivity contribution in [2.45, 2.75) is 0 Å². The van der Waals surface area contributed by atoms with Crippen LogP contribution in [-0.4, -0.2) is 54.3 Å². The lowest BCUT2D eigenvalue weighted by Crippen LogP contribution is -2.37. The standard InChI is InChI=1S/C13H16N4O2S/c1-16(2)11(18)7-17(3)12(19)8-4-5-9-10(6-8)20-13(14)15-9/h4-6H,7H2,1-3H3,(H2,14,15). The second-order valence-corrected chi connectivity index (χ2v) is 5.75. The van der Waals surface area contributed by atoms with Gasteiger partial charge in [0.2, 0.25) is 5.91 Å². The summed E-state index contributed by atoms with van der Waals surface area (Å²) >= 11 is 1.33. The molecule has 2 rings (SSSR count). The van der Waals surface area contributed by atoms with Crippen LogP contribution >= 0.6 is 11.3 Å². The van der Waals surface area contributed by atoms with Crippen LogP contribution in [0.3, 0.4) is 0 Å². The van der Waals surface area contributed by atoms with Gasteiger partial charge in [-0.25, -0.2) is 4.98 Å². The molecule has 0 fully saturated rings. The molecule has 1 aromatic heterocycles. The monoisotopic (exact) mass is 292 g/mol. The Balaban J connectivity index is 2.19. The molecule has 1 aromatic carbocycles. The van der Waals surface area contributed by atoms with E-state index in [0.29, 0.717) is 10.7 Å². The molecule has 0 aliphatic heterocycles. The van der Waals surface area contributed by atoms with E-state index in [9.17, 15) is 9.59 Å². The van der Waals surface area contributed by atoms with Gasteiger partial charge in [0.1, 0.15) is 0 Å². The third kappa shape index (κ3) is 2.88. The molecule has 7 heteroatoms. The maximum atomic E-state index is 12.3. The minimum atomic E-state index is -0.200. The van der Waals surface area contributed by atoms with Gasteiger partial charge in [-0.1, -0.05) is 11.3 Å². The molecule has 0 saturated heterocycles. The molecule has 0 spiro atoms. The van der Waals surface area contributed by atoms with E-state index in [1.165, 1.54) is 21.1 Å². The number of fused-ring (bicyclic) bond motifs is 1. The lowest BCUT2D eigenvalue weighted by molar-refractivity contribution is -0.129. The minimum absolute atomic E-state index is 0.0503.